The van der Waals surface area contributed by atoms with E-state index in [1.165, 1.54) is 11.8 Å². The Kier molecular flexibility index (Phi) is 8.09. The third-order valence-electron chi connectivity index (χ3n) is 4.60. The van der Waals surface area contributed by atoms with Gasteiger partial charge in [-0.1, -0.05) is 17.8 Å². The predicted molar refractivity (Wildman–Crippen MR) is 122 cm³/mol. The van der Waals surface area contributed by atoms with Crippen LogP contribution in [0.4, 0.5) is 5.69 Å². The molecule has 0 fully saturated rings. The van der Waals surface area contributed by atoms with Gasteiger partial charge in [0.05, 0.1) is 20.0 Å². The van der Waals surface area contributed by atoms with Crippen LogP contribution in [0.3, 0.4) is 0 Å². The number of carbonyl (C=O) groups excluding carboxylic acids is 2. The number of ether oxygens (including phenoxy) is 2. The molecule has 0 aliphatic carbocycles. The summed E-state index contributed by atoms with van der Waals surface area (Å²) < 4.78 is 12.1. The van der Waals surface area contributed by atoms with E-state index in [2.05, 4.69) is 20.8 Å². The van der Waals surface area contributed by atoms with Crippen LogP contribution in [0.5, 0.6) is 11.5 Å². The number of carbonyl (C=O) groups is 2. The molecule has 0 radical (unpaired) electrons. The van der Waals surface area contributed by atoms with Gasteiger partial charge in [0.25, 0.3) is 5.91 Å². The molecule has 1 heterocycles. The monoisotopic (exact) mass is 455 g/mol. The summed E-state index contributed by atoms with van der Waals surface area (Å²) in [6.07, 6.45) is 0.516. The van der Waals surface area contributed by atoms with Crippen molar-refractivity contribution in [2.24, 2.45) is 7.05 Å². The molecule has 0 saturated heterocycles. The minimum absolute atomic E-state index is 0.153. The highest BCUT2D eigenvalue weighted by atomic mass is 32.2. The van der Waals surface area contributed by atoms with Gasteiger partial charge in [-0.25, -0.2) is 0 Å². The zero-order valence-electron chi connectivity index (χ0n) is 18.1. The maximum Gasteiger partial charge on any atom is 0.251 e. The molecule has 0 saturated carbocycles. The van der Waals surface area contributed by atoms with Crippen molar-refractivity contribution in [1.82, 2.24) is 20.1 Å². The third kappa shape index (κ3) is 6.24. The van der Waals surface area contributed by atoms with Crippen LogP contribution in [-0.4, -0.2) is 53.1 Å². The number of nitrogens with zero attached hydrogens (tertiary/aromatic N) is 3. The molecule has 32 heavy (non-hydrogen) atoms. The van der Waals surface area contributed by atoms with Crippen molar-refractivity contribution in [3.05, 3.63) is 59.9 Å². The quantitative estimate of drug-likeness (QED) is 0.452. The molecule has 2 amide bonds. The van der Waals surface area contributed by atoms with Crippen LogP contribution in [-0.2, 0) is 18.3 Å². The van der Waals surface area contributed by atoms with Crippen LogP contribution in [0.25, 0.3) is 0 Å². The van der Waals surface area contributed by atoms with Gasteiger partial charge < -0.3 is 24.7 Å². The van der Waals surface area contributed by atoms with Crippen molar-refractivity contribution in [2.45, 2.75) is 11.6 Å². The molecule has 3 aromatic rings. The number of anilines is 1. The molecule has 3 rings (SSSR count). The molecule has 2 N–H and O–H groups in total. The van der Waals surface area contributed by atoms with E-state index in [1.807, 2.05) is 23.7 Å². The second kappa shape index (κ2) is 11.2. The molecule has 10 heteroatoms. The maximum atomic E-state index is 12.2. The first-order valence-corrected chi connectivity index (χ1v) is 10.9. The summed E-state index contributed by atoms with van der Waals surface area (Å²) in [6.45, 7) is 0.415. The zero-order valence-corrected chi connectivity index (χ0v) is 18.9. The lowest BCUT2D eigenvalue weighted by molar-refractivity contribution is -0.113. The normalized spacial score (nSPS) is 10.5. The minimum atomic E-state index is -0.168. The summed E-state index contributed by atoms with van der Waals surface area (Å²) in [5.41, 5.74) is 1.23. The van der Waals surface area contributed by atoms with Crippen LogP contribution in [0.1, 0.15) is 16.2 Å². The Balaban J connectivity index is 1.46. The van der Waals surface area contributed by atoms with Crippen LogP contribution in [0.15, 0.2) is 53.7 Å². The average Bonchev–Trinajstić information content (AvgIpc) is 3.17. The van der Waals surface area contributed by atoms with Gasteiger partial charge in [0, 0.05) is 37.3 Å². The number of nitrogens with one attached hydrogen (secondary N) is 2. The van der Waals surface area contributed by atoms with Crippen LogP contribution in [0.2, 0.25) is 0 Å². The Morgan fingerprint density at radius 2 is 1.78 bits per heavy atom. The maximum absolute atomic E-state index is 12.2. The fourth-order valence-electron chi connectivity index (χ4n) is 2.85. The molecule has 1 aromatic heterocycles. The summed E-state index contributed by atoms with van der Waals surface area (Å²) in [4.78, 5) is 24.5. The highest BCUT2D eigenvalue weighted by Gasteiger charge is 2.13. The topological polar surface area (TPSA) is 107 Å². The van der Waals surface area contributed by atoms with E-state index >= 15 is 0 Å². The number of aromatic nitrogens is 3. The number of hydrogen-bond donors (Lipinski definition) is 2. The Labute approximate surface area is 190 Å². The molecule has 9 nitrogen and oxygen atoms in total. The van der Waals surface area contributed by atoms with Gasteiger partial charge in [-0.15, -0.1) is 10.2 Å². The number of methoxy groups -OCH3 is 2. The molecule has 0 spiro atoms. The molecule has 0 aliphatic heterocycles. The molecular formula is C22H25N5O4S. The van der Waals surface area contributed by atoms with Crippen LogP contribution in [0, 0.1) is 0 Å². The Bertz CT molecular complexity index is 1070. The third-order valence-corrected chi connectivity index (χ3v) is 5.62. The van der Waals surface area contributed by atoms with Crippen molar-refractivity contribution in [1.29, 1.82) is 0 Å². The minimum Gasteiger partial charge on any atom is -0.497 e. The van der Waals surface area contributed by atoms with Gasteiger partial charge in [-0.2, -0.15) is 0 Å². The van der Waals surface area contributed by atoms with Crippen LogP contribution >= 0.6 is 11.8 Å². The summed E-state index contributed by atoms with van der Waals surface area (Å²) in [6, 6.07) is 14.1. The number of benzene rings is 2. The molecule has 168 valence electrons. The summed E-state index contributed by atoms with van der Waals surface area (Å²) >= 11 is 1.29. The molecule has 0 aliphatic rings. The fourth-order valence-corrected chi connectivity index (χ4v) is 3.58. The van der Waals surface area contributed by atoms with Crippen molar-refractivity contribution in [3.63, 3.8) is 0 Å². The molecular weight excluding hydrogens is 430 g/mol. The van der Waals surface area contributed by atoms with E-state index in [1.54, 1.807) is 50.6 Å². The van der Waals surface area contributed by atoms with Gasteiger partial charge in [0.1, 0.15) is 17.3 Å². The Morgan fingerprint density at radius 3 is 2.50 bits per heavy atom. The Morgan fingerprint density at radius 1 is 1.03 bits per heavy atom. The number of rotatable bonds is 10. The summed E-state index contributed by atoms with van der Waals surface area (Å²) in [5.74, 6) is 1.96. The molecule has 0 atom stereocenters. The van der Waals surface area contributed by atoms with E-state index in [0.29, 0.717) is 40.9 Å². The van der Waals surface area contributed by atoms with Crippen molar-refractivity contribution >= 4 is 29.3 Å². The lowest BCUT2D eigenvalue weighted by Gasteiger charge is -2.08. The van der Waals surface area contributed by atoms with E-state index < -0.39 is 0 Å². The van der Waals surface area contributed by atoms with Crippen molar-refractivity contribution in [3.8, 4) is 11.5 Å². The smallest absolute Gasteiger partial charge is 0.251 e. The first-order valence-electron chi connectivity index (χ1n) is 9.87. The van der Waals surface area contributed by atoms with Crippen molar-refractivity contribution in [2.75, 3.05) is 31.8 Å². The molecule has 0 bridgehead atoms. The lowest BCUT2D eigenvalue weighted by Crippen LogP contribution is -2.26. The van der Waals surface area contributed by atoms with Gasteiger partial charge in [-0.05, 0) is 36.4 Å². The largest absolute Gasteiger partial charge is 0.497 e. The first-order chi connectivity index (χ1) is 15.5. The van der Waals surface area contributed by atoms with Crippen molar-refractivity contribution < 1.29 is 19.1 Å². The SMILES string of the molecule is COc1ccc(C(=O)NCCc2nnc(SCC(=O)Nc3cccc(OC)c3)n2C)cc1. The highest BCUT2D eigenvalue weighted by Crippen LogP contribution is 2.19. The van der Waals surface area contributed by atoms with Gasteiger partial charge in [0.2, 0.25) is 5.91 Å². The van der Waals surface area contributed by atoms with E-state index in [-0.39, 0.29) is 17.6 Å². The number of hydrogen-bond acceptors (Lipinski definition) is 7. The Hall–Kier alpha value is -3.53. The number of amides is 2. The van der Waals surface area contributed by atoms with Gasteiger partial charge in [0.15, 0.2) is 5.16 Å². The zero-order chi connectivity index (χ0) is 22.9. The van der Waals surface area contributed by atoms with E-state index in [4.69, 9.17) is 9.47 Å². The summed E-state index contributed by atoms with van der Waals surface area (Å²) in [5, 5.41) is 14.6. The van der Waals surface area contributed by atoms with Crippen LogP contribution < -0.4 is 20.1 Å². The standard InChI is InChI=1S/C22H25N5O4S/c1-27-19(11-12-23-21(29)15-7-9-17(30-2)10-8-15)25-26-22(27)32-14-20(28)24-16-5-4-6-18(13-16)31-3/h4-10,13H,11-12,14H2,1-3H3,(H,23,29)(H,24,28). The predicted octanol–water partition coefficient (Wildman–Crippen LogP) is 2.54. The lowest BCUT2D eigenvalue weighted by atomic mass is 10.2. The number of thioether (sulfide) groups is 1. The second-order valence-corrected chi connectivity index (χ2v) is 7.70. The van der Waals surface area contributed by atoms with Gasteiger partial charge >= 0.3 is 0 Å². The molecule has 0 unspecified atom stereocenters. The second-order valence-electron chi connectivity index (χ2n) is 6.76. The summed E-state index contributed by atoms with van der Waals surface area (Å²) in [7, 11) is 4.99. The fraction of sp³-hybridized carbons (Fsp3) is 0.273. The molecule has 2 aromatic carbocycles. The first kappa shape index (κ1) is 23.1. The van der Waals surface area contributed by atoms with E-state index in [9.17, 15) is 9.59 Å². The average molecular weight is 456 g/mol. The van der Waals surface area contributed by atoms with E-state index in [0.717, 1.165) is 5.82 Å². The highest BCUT2D eigenvalue weighted by molar-refractivity contribution is 7.99. The van der Waals surface area contributed by atoms with Gasteiger partial charge in [-0.3, -0.25) is 9.59 Å².